The smallest absolute Gasteiger partial charge is 0.338 e. The highest BCUT2D eigenvalue weighted by atomic mass is 32.1. The lowest BCUT2D eigenvalue weighted by atomic mass is 10.1. The van der Waals surface area contributed by atoms with Gasteiger partial charge in [0.1, 0.15) is 17.2 Å². The fourth-order valence-electron chi connectivity index (χ4n) is 3.35. The van der Waals surface area contributed by atoms with Crippen LogP contribution in [0.2, 0.25) is 0 Å². The van der Waals surface area contributed by atoms with Gasteiger partial charge in [-0.1, -0.05) is 17.4 Å². The number of anilines is 1. The van der Waals surface area contributed by atoms with E-state index in [4.69, 9.17) is 4.74 Å². The molecule has 0 atom stereocenters. The van der Waals surface area contributed by atoms with Crippen molar-refractivity contribution in [3.63, 3.8) is 0 Å². The number of hydrogen-bond acceptors (Lipinski definition) is 6. The molecule has 0 N–H and O–H groups in total. The molecular formula is C21H19F2N3O3S. The summed E-state index contributed by atoms with van der Waals surface area (Å²) in [7, 11) is 0. The Balaban J connectivity index is 1.47. The number of halogens is 2. The van der Waals surface area contributed by atoms with Crippen LogP contribution in [0.15, 0.2) is 36.4 Å². The highest BCUT2D eigenvalue weighted by Crippen LogP contribution is 2.30. The third-order valence-corrected chi connectivity index (χ3v) is 5.98. The Morgan fingerprint density at radius 1 is 1.10 bits per heavy atom. The van der Waals surface area contributed by atoms with E-state index in [1.165, 1.54) is 22.3 Å². The Morgan fingerprint density at radius 3 is 2.47 bits per heavy atom. The first kappa shape index (κ1) is 20.2. The van der Waals surface area contributed by atoms with Crippen molar-refractivity contribution < 1.29 is 23.1 Å². The number of thiazole rings is 1. The lowest BCUT2D eigenvalue weighted by Crippen LogP contribution is -2.49. The first-order valence-corrected chi connectivity index (χ1v) is 10.4. The molecule has 0 unspecified atom stereocenters. The van der Waals surface area contributed by atoms with Crippen molar-refractivity contribution in [2.45, 2.75) is 6.92 Å². The van der Waals surface area contributed by atoms with Gasteiger partial charge in [0.2, 0.25) is 0 Å². The van der Waals surface area contributed by atoms with E-state index >= 15 is 0 Å². The molecule has 0 bridgehead atoms. The van der Waals surface area contributed by atoms with E-state index in [0.29, 0.717) is 38.3 Å². The molecule has 156 valence electrons. The Hall–Kier alpha value is -3.07. The molecule has 0 spiro atoms. The van der Waals surface area contributed by atoms with Crippen LogP contribution in [0.1, 0.15) is 27.6 Å². The Labute approximate surface area is 175 Å². The number of hydrogen-bond donors (Lipinski definition) is 0. The van der Waals surface area contributed by atoms with Gasteiger partial charge in [-0.25, -0.2) is 18.6 Å². The zero-order valence-electron chi connectivity index (χ0n) is 16.2. The van der Waals surface area contributed by atoms with Crippen molar-refractivity contribution in [1.82, 2.24) is 9.88 Å². The number of piperazine rings is 1. The third kappa shape index (κ3) is 3.85. The van der Waals surface area contributed by atoms with E-state index < -0.39 is 23.1 Å². The fourth-order valence-corrected chi connectivity index (χ4v) is 4.41. The number of fused-ring (bicyclic) bond motifs is 1. The molecule has 1 fully saturated rings. The number of amides is 1. The number of benzene rings is 2. The van der Waals surface area contributed by atoms with Gasteiger partial charge < -0.3 is 14.5 Å². The molecule has 1 saturated heterocycles. The van der Waals surface area contributed by atoms with Crippen molar-refractivity contribution in [3.8, 4) is 0 Å². The van der Waals surface area contributed by atoms with Gasteiger partial charge in [-0.2, -0.15) is 0 Å². The lowest BCUT2D eigenvalue weighted by molar-refractivity contribution is 0.0526. The second-order valence-corrected chi connectivity index (χ2v) is 7.78. The maximum atomic E-state index is 13.9. The summed E-state index contributed by atoms with van der Waals surface area (Å²) in [4.78, 5) is 32.6. The monoisotopic (exact) mass is 431 g/mol. The zero-order valence-corrected chi connectivity index (χ0v) is 17.0. The molecule has 9 heteroatoms. The number of aromatic nitrogens is 1. The molecule has 1 amide bonds. The Bertz CT molecular complexity index is 1090. The third-order valence-electron chi connectivity index (χ3n) is 4.90. The van der Waals surface area contributed by atoms with Crippen LogP contribution in [-0.2, 0) is 4.74 Å². The minimum atomic E-state index is -0.856. The van der Waals surface area contributed by atoms with Gasteiger partial charge in [-0.3, -0.25) is 4.79 Å². The topological polar surface area (TPSA) is 62.7 Å². The molecule has 0 saturated carbocycles. The molecule has 2 heterocycles. The van der Waals surface area contributed by atoms with Crippen LogP contribution in [0.25, 0.3) is 10.2 Å². The van der Waals surface area contributed by atoms with Crippen molar-refractivity contribution in [1.29, 1.82) is 0 Å². The van der Waals surface area contributed by atoms with Crippen molar-refractivity contribution >= 4 is 38.6 Å². The minimum Gasteiger partial charge on any atom is -0.462 e. The fraction of sp³-hybridized carbons (Fsp3) is 0.286. The Morgan fingerprint density at radius 2 is 1.80 bits per heavy atom. The highest BCUT2D eigenvalue weighted by Gasteiger charge is 2.27. The van der Waals surface area contributed by atoms with E-state index in [1.807, 2.05) is 4.90 Å². The predicted octanol–water partition coefficient (Wildman–Crippen LogP) is 3.71. The van der Waals surface area contributed by atoms with Gasteiger partial charge in [0.05, 0.1) is 22.4 Å². The molecule has 0 radical (unpaired) electrons. The van der Waals surface area contributed by atoms with Crippen LogP contribution in [-0.4, -0.2) is 54.5 Å². The lowest BCUT2D eigenvalue weighted by Gasteiger charge is -2.34. The van der Waals surface area contributed by atoms with Crippen LogP contribution >= 0.6 is 11.3 Å². The van der Waals surface area contributed by atoms with Crippen LogP contribution in [0.4, 0.5) is 13.9 Å². The van der Waals surface area contributed by atoms with Crippen LogP contribution in [0.3, 0.4) is 0 Å². The van der Waals surface area contributed by atoms with Crippen molar-refractivity contribution in [3.05, 3.63) is 59.2 Å². The quantitative estimate of drug-likeness (QED) is 0.590. The number of ether oxygens (including phenoxy) is 1. The standard InChI is InChI=1S/C21H19F2N3O3S/c1-2-29-20(28)13-6-7-16-17(12-13)30-21(24-16)26-10-8-25(9-11-26)19(27)18-14(22)4-3-5-15(18)23/h3-7,12H,2,8-11H2,1H3. The summed E-state index contributed by atoms with van der Waals surface area (Å²) in [6.07, 6.45) is 0. The molecule has 1 aliphatic heterocycles. The maximum Gasteiger partial charge on any atom is 0.338 e. The maximum absolute atomic E-state index is 13.9. The molecule has 0 aliphatic carbocycles. The summed E-state index contributed by atoms with van der Waals surface area (Å²) < 4.78 is 33.7. The summed E-state index contributed by atoms with van der Waals surface area (Å²) in [6, 6.07) is 8.62. The van der Waals surface area contributed by atoms with Gasteiger partial charge in [-0.15, -0.1) is 0 Å². The van der Waals surface area contributed by atoms with E-state index in [9.17, 15) is 18.4 Å². The molecule has 30 heavy (non-hydrogen) atoms. The number of carbonyl (C=O) groups is 2. The van der Waals surface area contributed by atoms with E-state index in [-0.39, 0.29) is 5.97 Å². The molecule has 6 nitrogen and oxygen atoms in total. The first-order valence-electron chi connectivity index (χ1n) is 9.54. The normalized spacial score (nSPS) is 14.2. The van der Waals surface area contributed by atoms with E-state index in [2.05, 4.69) is 4.98 Å². The molecule has 4 rings (SSSR count). The van der Waals surface area contributed by atoms with Gasteiger partial charge in [0.15, 0.2) is 5.13 Å². The number of carbonyl (C=O) groups excluding carboxylic acids is 2. The second kappa shape index (κ2) is 8.35. The van der Waals surface area contributed by atoms with E-state index in [0.717, 1.165) is 27.5 Å². The first-order chi connectivity index (χ1) is 14.5. The van der Waals surface area contributed by atoms with Gasteiger partial charge in [0.25, 0.3) is 5.91 Å². The molecule has 1 aromatic heterocycles. The predicted molar refractivity (Wildman–Crippen MR) is 110 cm³/mol. The van der Waals surface area contributed by atoms with Gasteiger partial charge in [0, 0.05) is 26.2 Å². The van der Waals surface area contributed by atoms with Crippen molar-refractivity contribution in [2.75, 3.05) is 37.7 Å². The van der Waals surface area contributed by atoms with Crippen LogP contribution < -0.4 is 4.90 Å². The van der Waals surface area contributed by atoms with E-state index in [1.54, 1.807) is 25.1 Å². The summed E-state index contributed by atoms with van der Waals surface area (Å²) >= 11 is 1.45. The average Bonchev–Trinajstić information content (AvgIpc) is 3.17. The molecule has 2 aromatic carbocycles. The summed E-state index contributed by atoms with van der Waals surface area (Å²) in [5.74, 6) is -2.73. The number of rotatable bonds is 4. The summed E-state index contributed by atoms with van der Waals surface area (Å²) in [5, 5.41) is 0.773. The largest absolute Gasteiger partial charge is 0.462 e. The van der Waals surface area contributed by atoms with Crippen molar-refractivity contribution in [2.24, 2.45) is 0 Å². The number of esters is 1. The number of nitrogens with zero attached hydrogens (tertiary/aromatic N) is 3. The van der Waals surface area contributed by atoms with Gasteiger partial charge in [-0.05, 0) is 37.3 Å². The minimum absolute atomic E-state index is 0.310. The highest BCUT2D eigenvalue weighted by molar-refractivity contribution is 7.22. The average molecular weight is 431 g/mol. The molecule has 3 aromatic rings. The van der Waals surface area contributed by atoms with Crippen LogP contribution in [0, 0.1) is 11.6 Å². The zero-order chi connectivity index (χ0) is 21.3. The summed E-state index contributed by atoms with van der Waals surface area (Å²) in [5.41, 5.74) is 0.731. The Kier molecular flexibility index (Phi) is 5.63. The second-order valence-electron chi connectivity index (χ2n) is 6.78. The van der Waals surface area contributed by atoms with Gasteiger partial charge >= 0.3 is 5.97 Å². The summed E-state index contributed by atoms with van der Waals surface area (Å²) in [6.45, 7) is 3.71. The molecule has 1 aliphatic rings. The van der Waals surface area contributed by atoms with Crippen LogP contribution in [0.5, 0.6) is 0 Å². The SMILES string of the molecule is CCOC(=O)c1ccc2nc(N3CCN(C(=O)c4c(F)cccc4F)CC3)sc2c1. The molecular weight excluding hydrogens is 412 g/mol.